The van der Waals surface area contributed by atoms with Crippen LogP contribution in [0.15, 0.2) is 30.4 Å². The number of allylic oxidation sites excluding steroid dienone is 2. The molecule has 1 N–H and O–H groups in total. The Kier molecular flexibility index (Phi) is 2.49. The van der Waals surface area contributed by atoms with E-state index in [4.69, 9.17) is 11.6 Å². The van der Waals surface area contributed by atoms with Gasteiger partial charge in [-0.3, -0.25) is 4.79 Å². The number of rotatable bonds is 2. The van der Waals surface area contributed by atoms with Crippen molar-refractivity contribution in [2.75, 3.05) is 5.32 Å². The minimum atomic E-state index is -0.0128. The Hall–Kier alpha value is -1.28. The Bertz CT molecular complexity index is 576. The molecule has 0 spiro atoms. The maximum Gasteiger partial charge on any atom is 0.158 e. The van der Waals surface area contributed by atoms with Crippen molar-refractivity contribution in [2.24, 2.45) is 11.8 Å². The highest BCUT2D eigenvalue weighted by atomic mass is 35.5. The SMILES string of the molecule is O=C(C1CC1)[C@H]1Nc2ccc(Cl)cc2[C@H]2C=CC[C@@H]12. The predicted molar refractivity (Wildman–Crippen MR) is 76.6 cm³/mol. The Morgan fingerprint density at radius 2 is 2.16 bits per heavy atom. The van der Waals surface area contributed by atoms with Gasteiger partial charge in [-0.05, 0) is 48.9 Å². The van der Waals surface area contributed by atoms with Crippen LogP contribution < -0.4 is 5.32 Å². The zero-order valence-electron chi connectivity index (χ0n) is 10.6. The van der Waals surface area contributed by atoms with Crippen molar-refractivity contribution in [3.8, 4) is 0 Å². The number of hydrogen-bond acceptors (Lipinski definition) is 2. The van der Waals surface area contributed by atoms with E-state index < -0.39 is 0 Å². The molecule has 2 nitrogen and oxygen atoms in total. The lowest BCUT2D eigenvalue weighted by molar-refractivity contribution is -0.122. The predicted octanol–water partition coefficient (Wildman–Crippen LogP) is 3.77. The second-order valence-corrected chi connectivity index (χ2v) is 6.32. The first-order valence-electron chi connectivity index (χ1n) is 7.00. The fourth-order valence-electron chi connectivity index (χ4n) is 3.47. The maximum atomic E-state index is 12.5. The quantitative estimate of drug-likeness (QED) is 0.831. The van der Waals surface area contributed by atoms with E-state index >= 15 is 0 Å². The van der Waals surface area contributed by atoms with Gasteiger partial charge in [-0.15, -0.1) is 0 Å². The van der Waals surface area contributed by atoms with Crippen LogP contribution >= 0.6 is 11.6 Å². The first kappa shape index (κ1) is 11.5. The summed E-state index contributed by atoms with van der Waals surface area (Å²) in [4.78, 5) is 12.5. The van der Waals surface area contributed by atoms with Crippen molar-refractivity contribution < 1.29 is 4.79 Å². The van der Waals surface area contributed by atoms with Crippen molar-refractivity contribution >= 4 is 23.1 Å². The molecule has 1 saturated carbocycles. The number of Topliss-reactive ketones (excluding diaryl/α,β-unsaturated/α-hetero) is 1. The maximum absolute atomic E-state index is 12.5. The van der Waals surface area contributed by atoms with E-state index in [0.717, 1.165) is 30.0 Å². The zero-order chi connectivity index (χ0) is 13.0. The van der Waals surface area contributed by atoms with E-state index in [9.17, 15) is 4.79 Å². The number of halogens is 1. The highest BCUT2D eigenvalue weighted by Crippen LogP contribution is 2.47. The normalized spacial score (nSPS) is 31.5. The van der Waals surface area contributed by atoms with Crippen LogP contribution in [0.25, 0.3) is 0 Å². The number of hydrogen-bond donors (Lipinski definition) is 1. The van der Waals surface area contributed by atoms with E-state index in [1.165, 1.54) is 5.56 Å². The number of nitrogens with one attached hydrogen (secondary N) is 1. The third-order valence-corrected chi connectivity index (χ3v) is 4.85. The van der Waals surface area contributed by atoms with E-state index in [-0.39, 0.29) is 6.04 Å². The average Bonchev–Trinajstić information content (AvgIpc) is 3.14. The molecule has 1 aromatic rings. The molecule has 1 aliphatic heterocycles. The van der Waals surface area contributed by atoms with Gasteiger partial charge in [0.2, 0.25) is 0 Å². The molecule has 3 aliphatic rings. The lowest BCUT2D eigenvalue weighted by Gasteiger charge is -2.36. The second-order valence-electron chi connectivity index (χ2n) is 5.88. The number of ketones is 1. The summed E-state index contributed by atoms with van der Waals surface area (Å²) in [6, 6.07) is 5.92. The summed E-state index contributed by atoms with van der Waals surface area (Å²) < 4.78 is 0. The molecule has 1 aromatic carbocycles. The third kappa shape index (κ3) is 1.81. The molecule has 0 radical (unpaired) electrons. The van der Waals surface area contributed by atoms with Gasteiger partial charge in [-0.25, -0.2) is 0 Å². The largest absolute Gasteiger partial charge is 0.375 e. The van der Waals surface area contributed by atoms with Gasteiger partial charge in [0.05, 0.1) is 6.04 Å². The topological polar surface area (TPSA) is 29.1 Å². The van der Waals surface area contributed by atoms with Gasteiger partial charge >= 0.3 is 0 Å². The summed E-state index contributed by atoms with van der Waals surface area (Å²) >= 11 is 6.11. The Morgan fingerprint density at radius 1 is 1.32 bits per heavy atom. The first-order chi connectivity index (χ1) is 9.24. The Labute approximate surface area is 117 Å². The van der Waals surface area contributed by atoms with Crippen LogP contribution in [0.2, 0.25) is 5.02 Å². The molecule has 0 saturated heterocycles. The highest BCUT2D eigenvalue weighted by molar-refractivity contribution is 6.30. The highest BCUT2D eigenvalue weighted by Gasteiger charge is 2.44. The van der Waals surface area contributed by atoms with E-state index in [0.29, 0.717) is 23.5 Å². The van der Waals surface area contributed by atoms with Gasteiger partial charge in [0, 0.05) is 22.5 Å². The van der Waals surface area contributed by atoms with Crippen LogP contribution in [-0.4, -0.2) is 11.8 Å². The molecular weight excluding hydrogens is 258 g/mol. The summed E-state index contributed by atoms with van der Waals surface area (Å²) in [7, 11) is 0. The number of anilines is 1. The Morgan fingerprint density at radius 3 is 2.95 bits per heavy atom. The minimum Gasteiger partial charge on any atom is -0.375 e. The summed E-state index contributed by atoms with van der Waals surface area (Å²) in [6.07, 6.45) is 7.60. The van der Waals surface area contributed by atoms with E-state index in [1.807, 2.05) is 18.2 Å². The van der Waals surface area contributed by atoms with Crippen molar-refractivity contribution in [1.29, 1.82) is 0 Å². The second kappa shape index (κ2) is 4.11. The monoisotopic (exact) mass is 273 g/mol. The average molecular weight is 274 g/mol. The van der Waals surface area contributed by atoms with Crippen molar-refractivity contribution in [3.05, 3.63) is 40.9 Å². The van der Waals surface area contributed by atoms with Crippen molar-refractivity contribution in [2.45, 2.75) is 31.2 Å². The molecular formula is C16H16ClNO. The smallest absolute Gasteiger partial charge is 0.158 e. The molecule has 1 heterocycles. The van der Waals surface area contributed by atoms with Gasteiger partial charge in [-0.2, -0.15) is 0 Å². The number of carbonyl (C=O) groups excluding carboxylic acids is 1. The van der Waals surface area contributed by atoms with Crippen molar-refractivity contribution in [3.63, 3.8) is 0 Å². The number of benzene rings is 1. The fourth-order valence-corrected chi connectivity index (χ4v) is 3.65. The van der Waals surface area contributed by atoms with E-state index in [2.05, 4.69) is 17.5 Å². The fraction of sp³-hybridized carbons (Fsp3) is 0.438. The lowest BCUT2D eigenvalue weighted by Crippen LogP contribution is -2.42. The molecule has 0 aromatic heterocycles. The molecule has 19 heavy (non-hydrogen) atoms. The number of carbonyl (C=O) groups is 1. The molecule has 98 valence electrons. The molecule has 3 heteroatoms. The molecule has 4 rings (SSSR count). The lowest BCUT2D eigenvalue weighted by atomic mass is 9.77. The summed E-state index contributed by atoms with van der Waals surface area (Å²) in [5.74, 6) is 1.45. The standard InChI is InChI=1S/C16H16ClNO/c17-10-6-7-14-13(8-10)11-2-1-3-12(11)15(18-14)16(19)9-4-5-9/h1-2,6-9,11-12,15,18H,3-5H2/t11-,12+,15-/m0/s1. The summed E-state index contributed by atoms with van der Waals surface area (Å²) in [6.45, 7) is 0. The van der Waals surface area contributed by atoms with Crippen LogP contribution in [0.3, 0.4) is 0 Å². The molecule has 0 amide bonds. The molecule has 0 bridgehead atoms. The van der Waals surface area contributed by atoms with Crippen LogP contribution in [0.4, 0.5) is 5.69 Å². The number of fused-ring (bicyclic) bond motifs is 3. The van der Waals surface area contributed by atoms with Crippen LogP contribution in [0.1, 0.15) is 30.7 Å². The van der Waals surface area contributed by atoms with Crippen molar-refractivity contribution in [1.82, 2.24) is 0 Å². The van der Waals surface area contributed by atoms with Crippen LogP contribution in [-0.2, 0) is 4.79 Å². The zero-order valence-corrected chi connectivity index (χ0v) is 11.4. The Balaban J connectivity index is 1.75. The van der Waals surface area contributed by atoms with Gasteiger partial charge in [-0.1, -0.05) is 23.8 Å². The van der Waals surface area contributed by atoms with E-state index in [1.54, 1.807) is 0 Å². The van der Waals surface area contributed by atoms with Gasteiger partial charge in [0.1, 0.15) is 0 Å². The summed E-state index contributed by atoms with van der Waals surface area (Å²) in [5, 5.41) is 4.24. The van der Waals surface area contributed by atoms with Crippen LogP contribution in [0.5, 0.6) is 0 Å². The first-order valence-corrected chi connectivity index (χ1v) is 7.38. The van der Waals surface area contributed by atoms with Gasteiger partial charge in [0.25, 0.3) is 0 Å². The third-order valence-electron chi connectivity index (χ3n) is 4.61. The molecule has 1 fully saturated rings. The van der Waals surface area contributed by atoms with Crippen LogP contribution in [0, 0.1) is 11.8 Å². The molecule has 3 atom stereocenters. The molecule has 0 unspecified atom stereocenters. The van der Waals surface area contributed by atoms with Gasteiger partial charge in [0.15, 0.2) is 5.78 Å². The minimum absolute atomic E-state index is 0.0128. The summed E-state index contributed by atoms with van der Waals surface area (Å²) in [5.41, 5.74) is 2.32. The molecule has 2 aliphatic carbocycles. The van der Waals surface area contributed by atoms with Gasteiger partial charge < -0.3 is 5.32 Å².